The number of rotatable bonds is 2. The molecule has 0 spiro atoms. The van der Waals surface area contributed by atoms with E-state index in [0.29, 0.717) is 0 Å². The standard InChI is InChI=1S/C15H20N4O2S/c1-17-6-8-19(9-7-17)13(20)10-12-15(21)18(2)11-4-3-5-16-14(11)22-12/h3-5,12H,6-10H2,1-2H3/t12-/m0/s1. The molecule has 3 heterocycles. The highest BCUT2D eigenvalue weighted by atomic mass is 32.2. The van der Waals surface area contributed by atoms with Gasteiger partial charge in [0.15, 0.2) is 0 Å². The van der Waals surface area contributed by atoms with Gasteiger partial charge < -0.3 is 14.7 Å². The molecule has 2 amide bonds. The van der Waals surface area contributed by atoms with E-state index in [1.54, 1.807) is 18.1 Å². The van der Waals surface area contributed by atoms with E-state index in [9.17, 15) is 9.59 Å². The Bertz CT molecular complexity index is 587. The second-order valence-electron chi connectivity index (χ2n) is 5.72. The number of pyridine rings is 1. The molecule has 1 atom stereocenters. The van der Waals surface area contributed by atoms with Gasteiger partial charge in [-0.1, -0.05) is 11.8 Å². The Morgan fingerprint density at radius 3 is 2.77 bits per heavy atom. The quantitative estimate of drug-likeness (QED) is 0.802. The summed E-state index contributed by atoms with van der Waals surface area (Å²) in [5, 5.41) is 0.445. The number of carbonyl (C=O) groups excluding carboxylic acids is 2. The molecule has 2 aliphatic rings. The fraction of sp³-hybridized carbons (Fsp3) is 0.533. The predicted molar refractivity (Wildman–Crippen MR) is 86.0 cm³/mol. The molecule has 0 N–H and O–H groups in total. The zero-order valence-electron chi connectivity index (χ0n) is 12.9. The van der Waals surface area contributed by atoms with Gasteiger partial charge in [0.1, 0.15) is 5.03 Å². The predicted octanol–water partition coefficient (Wildman–Crippen LogP) is 0.683. The summed E-state index contributed by atoms with van der Waals surface area (Å²) in [5.74, 6) is 0.0414. The molecule has 2 aliphatic heterocycles. The average Bonchev–Trinajstić information content (AvgIpc) is 2.53. The van der Waals surface area contributed by atoms with E-state index in [-0.39, 0.29) is 23.5 Å². The van der Waals surface area contributed by atoms with E-state index in [2.05, 4.69) is 16.9 Å². The van der Waals surface area contributed by atoms with Crippen LogP contribution in [0, 0.1) is 0 Å². The molecule has 7 heteroatoms. The van der Waals surface area contributed by atoms with Gasteiger partial charge in [-0.05, 0) is 19.2 Å². The van der Waals surface area contributed by atoms with Crippen LogP contribution in [-0.2, 0) is 9.59 Å². The van der Waals surface area contributed by atoms with Gasteiger partial charge in [0.05, 0.1) is 10.9 Å². The molecular formula is C15H20N4O2S. The number of hydrogen-bond acceptors (Lipinski definition) is 5. The maximum Gasteiger partial charge on any atom is 0.240 e. The SMILES string of the molecule is CN1CCN(C(=O)C[C@@H]2Sc3ncccc3N(C)C2=O)CC1. The minimum atomic E-state index is -0.375. The summed E-state index contributed by atoms with van der Waals surface area (Å²) in [4.78, 5) is 34.9. The first-order chi connectivity index (χ1) is 10.6. The Hall–Kier alpha value is -1.60. The van der Waals surface area contributed by atoms with Gasteiger partial charge in [0.25, 0.3) is 0 Å². The average molecular weight is 320 g/mol. The van der Waals surface area contributed by atoms with E-state index >= 15 is 0 Å². The third-order valence-corrected chi connectivity index (χ3v) is 5.38. The molecule has 0 aliphatic carbocycles. The normalized spacial score (nSPS) is 22.6. The van der Waals surface area contributed by atoms with Crippen LogP contribution in [0.3, 0.4) is 0 Å². The van der Waals surface area contributed by atoms with Crippen LogP contribution in [0.5, 0.6) is 0 Å². The van der Waals surface area contributed by atoms with Crippen LogP contribution >= 0.6 is 11.8 Å². The largest absolute Gasteiger partial charge is 0.340 e. The molecule has 0 saturated carbocycles. The number of fused-ring (bicyclic) bond motifs is 1. The molecule has 1 aromatic rings. The van der Waals surface area contributed by atoms with Crippen LogP contribution in [0.2, 0.25) is 0 Å². The van der Waals surface area contributed by atoms with E-state index in [0.717, 1.165) is 36.9 Å². The van der Waals surface area contributed by atoms with Crippen LogP contribution in [-0.4, -0.2) is 72.1 Å². The van der Waals surface area contributed by atoms with Crippen LogP contribution < -0.4 is 4.90 Å². The topological polar surface area (TPSA) is 56.8 Å². The van der Waals surface area contributed by atoms with Crippen molar-refractivity contribution in [2.75, 3.05) is 45.2 Å². The summed E-state index contributed by atoms with van der Waals surface area (Å²) in [7, 11) is 3.80. The number of anilines is 1. The zero-order valence-corrected chi connectivity index (χ0v) is 13.7. The number of thioether (sulfide) groups is 1. The van der Waals surface area contributed by atoms with Crippen molar-refractivity contribution in [1.82, 2.24) is 14.8 Å². The number of carbonyl (C=O) groups is 2. The monoisotopic (exact) mass is 320 g/mol. The Morgan fingerprint density at radius 1 is 1.32 bits per heavy atom. The number of piperazine rings is 1. The summed E-state index contributed by atoms with van der Waals surface area (Å²) in [5.41, 5.74) is 0.820. The lowest BCUT2D eigenvalue weighted by molar-refractivity contribution is -0.134. The Morgan fingerprint density at radius 2 is 2.05 bits per heavy atom. The van der Waals surface area contributed by atoms with E-state index in [1.807, 2.05) is 17.0 Å². The fourth-order valence-electron chi connectivity index (χ4n) is 2.72. The summed E-state index contributed by atoms with van der Waals surface area (Å²) < 4.78 is 0. The van der Waals surface area contributed by atoms with Gasteiger partial charge in [0.2, 0.25) is 11.8 Å². The number of aromatic nitrogens is 1. The Kier molecular flexibility index (Phi) is 4.35. The summed E-state index contributed by atoms with van der Waals surface area (Å²) >= 11 is 1.40. The molecule has 118 valence electrons. The molecule has 0 bridgehead atoms. The fourth-order valence-corrected chi connectivity index (χ4v) is 3.92. The van der Waals surface area contributed by atoms with Gasteiger partial charge in [-0.2, -0.15) is 0 Å². The maximum absolute atomic E-state index is 12.5. The second-order valence-corrected chi connectivity index (χ2v) is 6.91. The molecule has 1 saturated heterocycles. The van der Waals surface area contributed by atoms with Crippen molar-refractivity contribution in [1.29, 1.82) is 0 Å². The van der Waals surface area contributed by atoms with Crippen molar-refractivity contribution >= 4 is 29.3 Å². The number of likely N-dealkylation sites (N-methyl/N-ethyl adjacent to an activating group) is 1. The van der Waals surface area contributed by atoms with Gasteiger partial charge in [-0.25, -0.2) is 4.98 Å². The van der Waals surface area contributed by atoms with Gasteiger partial charge in [0, 0.05) is 45.8 Å². The third kappa shape index (κ3) is 2.96. The lowest BCUT2D eigenvalue weighted by Gasteiger charge is -2.34. The maximum atomic E-state index is 12.5. The van der Waals surface area contributed by atoms with Crippen molar-refractivity contribution in [2.45, 2.75) is 16.7 Å². The highest BCUT2D eigenvalue weighted by Crippen LogP contribution is 2.38. The molecule has 0 unspecified atom stereocenters. The van der Waals surface area contributed by atoms with Gasteiger partial charge >= 0.3 is 0 Å². The first-order valence-corrected chi connectivity index (χ1v) is 8.30. The highest BCUT2D eigenvalue weighted by Gasteiger charge is 2.35. The number of amides is 2. The summed E-state index contributed by atoms with van der Waals surface area (Å²) in [6, 6.07) is 3.70. The molecule has 6 nitrogen and oxygen atoms in total. The summed E-state index contributed by atoms with van der Waals surface area (Å²) in [6.45, 7) is 3.26. The lowest BCUT2D eigenvalue weighted by atomic mass is 10.2. The minimum absolute atomic E-state index is 0.0204. The van der Waals surface area contributed by atoms with Crippen LogP contribution in [0.25, 0.3) is 0 Å². The Labute approximate surface area is 134 Å². The lowest BCUT2D eigenvalue weighted by Crippen LogP contribution is -2.49. The molecule has 22 heavy (non-hydrogen) atoms. The van der Waals surface area contributed by atoms with Gasteiger partial charge in [-0.15, -0.1) is 0 Å². The number of nitrogens with zero attached hydrogens (tertiary/aromatic N) is 4. The first-order valence-electron chi connectivity index (χ1n) is 7.42. The van der Waals surface area contributed by atoms with E-state index < -0.39 is 0 Å². The highest BCUT2D eigenvalue weighted by molar-refractivity contribution is 8.00. The molecule has 0 aromatic carbocycles. The van der Waals surface area contributed by atoms with Gasteiger partial charge in [-0.3, -0.25) is 9.59 Å². The number of hydrogen-bond donors (Lipinski definition) is 0. The second kappa shape index (κ2) is 6.26. The molecule has 0 radical (unpaired) electrons. The van der Waals surface area contributed by atoms with Crippen molar-refractivity contribution in [2.24, 2.45) is 0 Å². The molecular weight excluding hydrogens is 300 g/mol. The van der Waals surface area contributed by atoms with Crippen molar-refractivity contribution in [3.8, 4) is 0 Å². The smallest absolute Gasteiger partial charge is 0.240 e. The zero-order chi connectivity index (χ0) is 15.7. The summed E-state index contributed by atoms with van der Waals surface area (Å²) in [6.07, 6.45) is 1.96. The van der Waals surface area contributed by atoms with E-state index in [1.165, 1.54) is 11.8 Å². The third-order valence-electron chi connectivity index (χ3n) is 4.19. The van der Waals surface area contributed by atoms with Crippen LogP contribution in [0.15, 0.2) is 23.4 Å². The first kappa shape index (κ1) is 15.3. The van der Waals surface area contributed by atoms with Crippen LogP contribution in [0.1, 0.15) is 6.42 Å². The van der Waals surface area contributed by atoms with Crippen molar-refractivity contribution in [3.05, 3.63) is 18.3 Å². The Balaban J connectivity index is 1.68. The van der Waals surface area contributed by atoms with Crippen molar-refractivity contribution in [3.63, 3.8) is 0 Å². The molecule has 1 fully saturated rings. The van der Waals surface area contributed by atoms with Crippen LogP contribution in [0.4, 0.5) is 5.69 Å². The molecule has 1 aromatic heterocycles. The molecule has 3 rings (SSSR count). The van der Waals surface area contributed by atoms with E-state index in [4.69, 9.17) is 0 Å². The minimum Gasteiger partial charge on any atom is -0.340 e. The van der Waals surface area contributed by atoms with Crippen molar-refractivity contribution < 1.29 is 9.59 Å².